The number of nitrogens with one attached hydrogen (secondary N) is 1. The lowest BCUT2D eigenvalue weighted by Gasteiger charge is -2.39. The number of fused-ring (bicyclic) bond motifs is 1. The summed E-state index contributed by atoms with van der Waals surface area (Å²) in [6.07, 6.45) is 1.96. The number of carbonyl (C=O) groups is 1. The van der Waals surface area contributed by atoms with Gasteiger partial charge in [-0.2, -0.15) is 0 Å². The van der Waals surface area contributed by atoms with Crippen molar-refractivity contribution in [3.8, 4) is 5.75 Å². The van der Waals surface area contributed by atoms with Crippen LogP contribution in [0.1, 0.15) is 41.9 Å². The van der Waals surface area contributed by atoms with Crippen molar-refractivity contribution in [3.05, 3.63) is 59.7 Å². The van der Waals surface area contributed by atoms with Gasteiger partial charge in [-0.1, -0.05) is 24.3 Å². The van der Waals surface area contributed by atoms with E-state index in [0.717, 1.165) is 36.4 Å². The van der Waals surface area contributed by atoms with E-state index in [0.29, 0.717) is 18.7 Å². The lowest BCUT2D eigenvalue weighted by molar-refractivity contribution is 0.0427. The van der Waals surface area contributed by atoms with Gasteiger partial charge < -0.3 is 19.7 Å². The maximum absolute atomic E-state index is 13.2. The summed E-state index contributed by atoms with van der Waals surface area (Å²) in [5, 5.41) is 3.53. The Balaban J connectivity index is 1.65. The van der Waals surface area contributed by atoms with Crippen LogP contribution in [0.2, 0.25) is 0 Å². The second kappa shape index (κ2) is 7.38. The Morgan fingerprint density at radius 1 is 1.19 bits per heavy atom. The summed E-state index contributed by atoms with van der Waals surface area (Å²) in [4.78, 5) is 15.1. The molecule has 5 heteroatoms. The molecule has 2 aromatic rings. The molecule has 0 saturated carbocycles. The van der Waals surface area contributed by atoms with Gasteiger partial charge in [0, 0.05) is 18.8 Å². The van der Waals surface area contributed by atoms with Gasteiger partial charge in [-0.15, -0.1) is 0 Å². The molecule has 0 aliphatic carbocycles. The minimum atomic E-state index is -0.211. The van der Waals surface area contributed by atoms with E-state index in [4.69, 9.17) is 9.47 Å². The fraction of sp³-hybridized carbons (Fsp3) is 0.381. The molecule has 0 aromatic heterocycles. The number of hydrogen-bond donors (Lipinski definition) is 1. The first-order chi connectivity index (χ1) is 12.8. The number of para-hydroxylation sites is 1. The van der Waals surface area contributed by atoms with E-state index in [1.54, 1.807) is 0 Å². The Bertz CT molecular complexity index is 769. The zero-order valence-electron chi connectivity index (χ0n) is 15.0. The Hall–Kier alpha value is -2.53. The first-order valence-electron chi connectivity index (χ1n) is 9.27. The molecule has 2 heterocycles. The van der Waals surface area contributed by atoms with E-state index in [2.05, 4.69) is 5.32 Å². The first kappa shape index (κ1) is 16.9. The predicted octanol–water partition coefficient (Wildman–Crippen LogP) is 3.83. The van der Waals surface area contributed by atoms with Crippen LogP contribution < -0.4 is 10.1 Å². The number of nitrogens with zero attached hydrogens (tertiary/aromatic N) is 1. The molecular formula is C21H24N2O3. The molecule has 2 aromatic carbocycles. The van der Waals surface area contributed by atoms with Crippen LogP contribution in [0.3, 0.4) is 0 Å². The molecule has 5 nitrogen and oxygen atoms in total. The minimum Gasteiger partial charge on any atom is -0.494 e. The number of carbonyl (C=O) groups excluding carboxylic acids is 1. The zero-order valence-corrected chi connectivity index (χ0v) is 15.0. The van der Waals surface area contributed by atoms with Crippen molar-refractivity contribution < 1.29 is 14.3 Å². The molecule has 1 N–H and O–H groups in total. The molecule has 4 rings (SSSR count). The van der Waals surface area contributed by atoms with Crippen molar-refractivity contribution in [1.82, 2.24) is 4.90 Å². The zero-order chi connectivity index (χ0) is 17.9. The van der Waals surface area contributed by atoms with Gasteiger partial charge in [-0.3, -0.25) is 4.79 Å². The Morgan fingerprint density at radius 2 is 2.00 bits per heavy atom. The van der Waals surface area contributed by atoms with Crippen LogP contribution in [-0.2, 0) is 4.74 Å². The summed E-state index contributed by atoms with van der Waals surface area (Å²) in [7, 11) is 0. The van der Waals surface area contributed by atoms with Crippen molar-refractivity contribution in [2.24, 2.45) is 0 Å². The Morgan fingerprint density at radius 3 is 2.73 bits per heavy atom. The highest BCUT2D eigenvalue weighted by molar-refractivity contribution is 6.01. The molecule has 136 valence electrons. The van der Waals surface area contributed by atoms with Gasteiger partial charge >= 0.3 is 0 Å². The third-order valence-corrected chi connectivity index (χ3v) is 4.95. The SMILES string of the molecule is CCOc1ccc(C2Nc3ccccc3C(=O)N2CC2CCCO2)cc1. The molecule has 0 spiro atoms. The van der Waals surface area contributed by atoms with Crippen molar-refractivity contribution in [1.29, 1.82) is 0 Å². The average Bonchev–Trinajstić information content (AvgIpc) is 3.18. The third-order valence-electron chi connectivity index (χ3n) is 4.95. The van der Waals surface area contributed by atoms with E-state index in [1.165, 1.54) is 0 Å². The standard InChI is InChI=1S/C21H24N2O3/c1-2-25-16-11-9-15(10-12-16)20-22-19-8-4-3-7-18(19)21(24)23(20)14-17-6-5-13-26-17/h3-4,7-12,17,20,22H,2,5-6,13-14H2,1H3. The lowest BCUT2D eigenvalue weighted by atomic mass is 10.0. The quantitative estimate of drug-likeness (QED) is 0.888. The molecule has 2 atom stereocenters. The summed E-state index contributed by atoms with van der Waals surface area (Å²) in [6.45, 7) is 3.98. The van der Waals surface area contributed by atoms with E-state index >= 15 is 0 Å². The van der Waals surface area contributed by atoms with Gasteiger partial charge in [0.05, 0.1) is 18.3 Å². The van der Waals surface area contributed by atoms with Gasteiger partial charge in [-0.25, -0.2) is 0 Å². The summed E-state index contributed by atoms with van der Waals surface area (Å²) in [6, 6.07) is 15.6. The van der Waals surface area contributed by atoms with E-state index < -0.39 is 0 Å². The molecule has 2 aliphatic heterocycles. The molecule has 1 saturated heterocycles. The summed E-state index contributed by atoms with van der Waals surface area (Å²) in [5.41, 5.74) is 2.63. The summed E-state index contributed by atoms with van der Waals surface area (Å²) in [5.74, 6) is 0.887. The van der Waals surface area contributed by atoms with Crippen LogP contribution >= 0.6 is 0 Å². The topological polar surface area (TPSA) is 50.8 Å². The minimum absolute atomic E-state index is 0.0498. The van der Waals surface area contributed by atoms with Crippen LogP contribution in [0.25, 0.3) is 0 Å². The van der Waals surface area contributed by atoms with Crippen molar-refractivity contribution in [2.75, 3.05) is 25.1 Å². The third kappa shape index (κ3) is 3.27. The normalized spacial score (nSPS) is 22.0. The van der Waals surface area contributed by atoms with Crippen LogP contribution in [-0.4, -0.2) is 36.7 Å². The largest absolute Gasteiger partial charge is 0.494 e. The number of rotatable bonds is 5. The number of amides is 1. The Labute approximate surface area is 153 Å². The predicted molar refractivity (Wildman–Crippen MR) is 100 cm³/mol. The maximum atomic E-state index is 13.2. The van der Waals surface area contributed by atoms with E-state index in [1.807, 2.05) is 60.4 Å². The second-order valence-corrected chi connectivity index (χ2v) is 6.69. The Kier molecular flexibility index (Phi) is 4.80. The van der Waals surface area contributed by atoms with Gasteiger partial charge in [-0.05, 0) is 49.6 Å². The number of hydrogen-bond acceptors (Lipinski definition) is 4. The van der Waals surface area contributed by atoms with Gasteiger partial charge in [0.15, 0.2) is 0 Å². The monoisotopic (exact) mass is 352 g/mol. The smallest absolute Gasteiger partial charge is 0.257 e. The highest BCUT2D eigenvalue weighted by Crippen LogP contribution is 2.34. The second-order valence-electron chi connectivity index (χ2n) is 6.69. The molecule has 0 radical (unpaired) electrons. The van der Waals surface area contributed by atoms with Crippen LogP contribution in [0.15, 0.2) is 48.5 Å². The summed E-state index contributed by atoms with van der Waals surface area (Å²) >= 11 is 0. The highest BCUT2D eigenvalue weighted by Gasteiger charge is 2.35. The average molecular weight is 352 g/mol. The van der Waals surface area contributed by atoms with Crippen molar-refractivity contribution in [2.45, 2.75) is 32.0 Å². The number of benzene rings is 2. The summed E-state index contributed by atoms with van der Waals surface area (Å²) < 4.78 is 11.3. The van der Waals surface area contributed by atoms with Crippen molar-refractivity contribution in [3.63, 3.8) is 0 Å². The molecule has 2 aliphatic rings. The molecule has 0 bridgehead atoms. The molecule has 1 amide bonds. The molecule has 2 unspecified atom stereocenters. The van der Waals surface area contributed by atoms with Gasteiger partial charge in [0.25, 0.3) is 5.91 Å². The fourth-order valence-electron chi connectivity index (χ4n) is 3.66. The number of ether oxygens (including phenoxy) is 2. The van der Waals surface area contributed by atoms with Crippen LogP contribution in [0, 0.1) is 0 Å². The molecule has 1 fully saturated rings. The van der Waals surface area contributed by atoms with Crippen molar-refractivity contribution >= 4 is 11.6 Å². The fourth-order valence-corrected chi connectivity index (χ4v) is 3.66. The number of anilines is 1. The van der Waals surface area contributed by atoms with Crippen LogP contribution in [0.4, 0.5) is 5.69 Å². The van der Waals surface area contributed by atoms with Gasteiger partial charge in [0.2, 0.25) is 0 Å². The van der Waals surface area contributed by atoms with Gasteiger partial charge in [0.1, 0.15) is 11.9 Å². The first-order valence-corrected chi connectivity index (χ1v) is 9.27. The van der Waals surface area contributed by atoms with Crippen LogP contribution in [0.5, 0.6) is 5.75 Å². The molecular weight excluding hydrogens is 328 g/mol. The van der Waals surface area contributed by atoms with E-state index in [-0.39, 0.29) is 18.2 Å². The lowest BCUT2D eigenvalue weighted by Crippen LogP contribution is -2.46. The maximum Gasteiger partial charge on any atom is 0.257 e. The highest BCUT2D eigenvalue weighted by atomic mass is 16.5. The van der Waals surface area contributed by atoms with E-state index in [9.17, 15) is 4.79 Å². The molecule has 26 heavy (non-hydrogen) atoms.